The summed E-state index contributed by atoms with van der Waals surface area (Å²) in [5.41, 5.74) is 0.864. The first kappa shape index (κ1) is 19.2. The number of carboxylic acids is 1. The average molecular weight is 321 g/mol. The predicted octanol–water partition coefficient (Wildman–Crippen LogP) is -0.108. The molecule has 4 nitrogen and oxygen atoms in total. The number of nitrogens with zero attached hydrogens (tertiary/aromatic N) is 1. The maximum Gasteiger partial charge on any atom is 1.00 e. The van der Waals surface area contributed by atoms with Crippen molar-refractivity contribution in [2.24, 2.45) is 0 Å². The minimum Gasteiger partial charge on any atom is -0.550 e. The first-order valence-electron chi connectivity index (χ1n) is 5.29. The number of halogens is 2. The number of hydrogen-bond acceptors (Lipinski definition) is 4. The van der Waals surface area contributed by atoms with Crippen LogP contribution in [0.2, 0.25) is 10.0 Å². The van der Waals surface area contributed by atoms with Crippen molar-refractivity contribution in [3.63, 3.8) is 0 Å². The van der Waals surface area contributed by atoms with Crippen molar-refractivity contribution >= 4 is 40.7 Å². The first-order valence-corrected chi connectivity index (χ1v) is 6.05. The minimum absolute atomic E-state index is 0. The maximum atomic E-state index is 8.89. The fraction of sp³-hybridized carbons (Fsp3) is 0.0769. The molecule has 1 heterocycles. The number of anilines is 2. The number of rotatable bonds is 2. The van der Waals surface area contributed by atoms with E-state index in [0.717, 1.165) is 18.4 Å². The summed E-state index contributed by atoms with van der Waals surface area (Å²) < 4.78 is 0. The van der Waals surface area contributed by atoms with Gasteiger partial charge in [0.15, 0.2) is 0 Å². The zero-order chi connectivity index (χ0) is 14.3. The number of carbonyl (C=O) groups excluding carboxylic acids is 1. The molecule has 0 atom stereocenters. The van der Waals surface area contributed by atoms with Gasteiger partial charge in [0.2, 0.25) is 0 Å². The normalized spacial score (nSPS) is 8.75. The third-order valence-electron chi connectivity index (χ3n) is 1.86. The van der Waals surface area contributed by atoms with E-state index in [9.17, 15) is 0 Å². The van der Waals surface area contributed by atoms with Gasteiger partial charge in [0.25, 0.3) is 0 Å². The number of nitrogens with one attached hydrogen (secondary N) is 1. The summed E-state index contributed by atoms with van der Waals surface area (Å²) in [7, 11) is 0. The zero-order valence-electron chi connectivity index (χ0n) is 11.1. The standard InChI is InChI=1S/C11H8Cl2N2.C2H4O2.Na/c12-9-5-4-8(7-10(9)13)15-11-3-1-2-6-14-11;1-2(3)4;/h1-7H,(H,14,15);1H3,(H,3,4);/q;;+1/p-1. The fourth-order valence-corrected chi connectivity index (χ4v) is 1.46. The number of carbonyl (C=O) groups is 1. The molecule has 7 heteroatoms. The summed E-state index contributed by atoms with van der Waals surface area (Å²) in [5.74, 6) is -0.309. The number of hydrogen-bond donors (Lipinski definition) is 1. The molecule has 0 unspecified atom stereocenters. The molecule has 20 heavy (non-hydrogen) atoms. The Morgan fingerprint density at radius 2 is 1.85 bits per heavy atom. The van der Waals surface area contributed by atoms with Gasteiger partial charge in [-0.2, -0.15) is 0 Å². The number of benzene rings is 1. The Morgan fingerprint density at radius 1 is 1.20 bits per heavy atom. The van der Waals surface area contributed by atoms with Gasteiger partial charge in [0.1, 0.15) is 5.82 Å². The van der Waals surface area contributed by atoms with E-state index >= 15 is 0 Å². The van der Waals surface area contributed by atoms with Crippen molar-refractivity contribution in [3.05, 3.63) is 52.6 Å². The smallest absolute Gasteiger partial charge is 0.550 e. The van der Waals surface area contributed by atoms with E-state index in [4.69, 9.17) is 33.1 Å². The van der Waals surface area contributed by atoms with E-state index < -0.39 is 5.97 Å². The van der Waals surface area contributed by atoms with E-state index in [1.807, 2.05) is 24.3 Å². The molecule has 2 rings (SSSR count). The third kappa shape index (κ3) is 7.72. The van der Waals surface area contributed by atoms with Gasteiger partial charge in [-0.25, -0.2) is 4.98 Å². The van der Waals surface area contributed by atoms with Gasteiger partial charge in [0, 0.05) is 17.9 Å². The molecule has 0 bridgehead atoms. The predicted molar refractivity (Wildman–Crippen MR) is 74.7 cm³/mol. The number of aromatic nitrogens is 1. The van der Waals surface area contributed by atoms with Gasteiger partial charge in [-0.05, 0) is 37.3 Å². The monoisotopic (exact) mass is 320 g/mol. The van der Waals surface area contributed by atoms with Crippen LogP contribution in [0.1, 0.15) is 6.92 Å². The SMILES string of the molecule is CC(=O)[O-].Clc1ccc(Nc2ccccn2)cc1Cl.[Na+]. The van der Waals surface area contributed by atoms with Crippen molar-refractivity contribution in [2.45, 2.75) is 6.92 Å². The first-order chi connectivity index (χ1) is 8.99. The summed E-state index contributed by atoms with van der Waals surface area (Å²) >= 11 is 11.7. The Labute approximate surface area is 149 Å². The molecule has 100 valence electrons. The summed E-state index contributed by atoms with van der Waals surface area (Å²) in [4.78, 5) is 13.0. The second-order valence-electron chi connectivity index (χ2n) is 3.46. The Hall–Kier alpha value is -0.780. The molecular formula is C13H11Cl2N2NaO2. The Morgan fingerprint density at radius 3 is 2.35 bits per heavy atom. The molecule has 0 aliphatic carbocycles. The number of pyridine rings is 1. The van der Waals surface area contributed by atoms with E-state index in [0.29, 0.717) is 10.0 Å². The number of aliphatic carboxylic acids is 1. The van der Waals surface area contributed by atoms with Crippen LogP contribution in [0.15, 0.2) is 42.6 Å². The topological polar surface area (TPSA) is 65.0 Å². The minimum atomic E-state index is -1.08. The third-order valence-corrected chi connectivity index (χ3v) is 2.60. The summed E-state index contributed by atoms with van der Waals surface area (Å²) in [5, 5.41) is 13.1. The molecule has 0 saturated carbocycles. The van der Waals surface area contributed by atoms with E-state index in [1.54, 1.807) is 18.3 Å². The Balaban J connectivity index is 0.000000644. The molecule has 0 aliphatic heterocycles. The van der Waals surface area contributed by atoms with Crippen molar-refractivity contribution in [3.8, 4) is 0 Å². The van der Waals surface area contributed by atoms with Crippen molar-refractivity contribution in [1.82, 2.24) is 4.98 Å². The van der Waals surface area contributed by atoms with Crippen LogP contribution >= 0.6 is 23.2 Å². The fourth-order valence-electron chi connectivity index (χ4n) is 1.16. The van der Waals surface area contributed by atoms with Crippen LogP contribution in [0.5, 0.6) is 0 Å². The van der Waals surface area contributed by atoms with Crippen LogP contribution in [0.25, 0.3) is 0 Å². The molecule has 1 N–H and O–H groups in total. The van der Waals surface area contributed by atoms with Crippen LogP contribution in [0, 0.1) is 0 Å². The molecule has 0 aliphatic rings. The van der Waals surface area contributed by atoms with E-state index in [1.165, 1.54) is 0 Å². The molecule has 0 radical (unpaired) electrons. The van der Waals surface area contributed by atoms with Crippen LogP contribution in [0.3, 0.4) is 0 Å². The second kappa shape index (κ2) is 10.0. The molecule has 0 fully saturated rings. The van der Waals surface area contributed by atoms with Crippen LogP contribution in [-0.2, 0) is 4.79 Å². The summed E-state index contributed by atoms with van der Waals surface area (Å²) in [6.07, 6.45) is 1.72. The van der Waals surface area contributed by atoms with Crippen LogP contribution in [0.4, 0.5) is 11.5 Å². The van der Waals surface area contributed by atoms with Crippen LogP contribution in [-0.4, -0.2) is 11.0 Å². The molecule has 0 saturated heterocycles. The summed E-state index contributed by atoms with van der Waals surface area (Å²) in [6, 6.07) is 11.0. The van der Waals surface area contributed by atoms with Gasteiger partial charge >= 0.3 is 29.6 Å². The second-order valence-corrected chi connectivity index (χ2v) is 4.27. The molecule has 1 aromatic carbocycles. The molecule has 2 aromatic rings. The van der Waals surface area contributed by atoms with Gasteiger partial charge in [0.05, 0.1) is 10.0 Å². The molecule has 1 aromatic heterocycles. The van der Waals surface area contributed by atoms with Crippen LogP contribution < -0.4 is 40.0 Å². The maximum absolute atomic E-state index is 8.89. The Kier molecular flexibility index (Phi) is 9.63. The molecular weight excluding hydrogens is 310 g/mol. The summed E-state index contributed by atoms with van der Waals surface area (Å²) in [6.45, 7) is 0.972. The zero-order valence-corrected chi connectivity index (χ0v) is 14.6. The quantitative estimate of drug-likeness (QED) is 0.784. The Bertz CT molecular complexity index is 549. The van der Waals surface area contributed by atoms with Gasteiger partial charge in [-0.3, -0.25) is 0 Å². The van der Waals surface area contributed by atoms with E-state index in [-0.39, 0.29) is 29.6 Å². The number of carboxylic acid groups (broad SMARTS) is 1. The average Bonchev–Trinajstić information content (AvgIpc) is 2.34. The van der Waals surface area contributed by atoms with Gasteiger partial charge in [-0.15, -0.1) is 0 Å². The molecule has 0 spiro atoms. The van der Waals surface area contributed by atoms with Crippen molar-refractivity contribution in [2.75, 3.05) is 5.32 Å². The van der Waals surface area contributed by atoms with Gasteiger partial charge in [-0.1, -0.05) is 29.3 Å². The largest absolute Gasteiger partial charge is 1.00 e. The van der Waals surface area contributed by atoms with Crippen molar-refractivity contribution in [1.29, 1.82) is 0 Å². The molecule has 0 amide bonds. The van der Waals surface area contributed by atoms with E-state index in [2.05, 4.69) is 10.3 Å². The van der Waals surface area contributed by atoms with Crippen molar-refractivity contribution < 1.29 is 39.5 Å². The van der Waals surface area contributed by atoms with Gasteiger partial charge < -0.3 is 15.2 Å².